The maximum atomic E-state index is 12.0. The Balaban J connectivity index is 1.68. The first-order valence-electron chi connectivity index (χ1n) is 6.54. The molecular weight excluding hydrogens is 252 g/mol. The number of hydrogen-bond donors (Lipinski definition) is 3. The Hall–Kier alpha value is -2.56. The van der Waals surface area contributed by atoms with Crippen LogP contribution in [0.15, 0.2) is 48.7 Å². The van der Waals surface area contributed by atoms with Crippen LogP contribution in [0.4, 0.5) is 16.3 Å². The summed E-state index contributed by atoms with van der Waals surface area (Å²) in [6.07, 6.45) is 3.52. The van der Waals surface area contributed by atoms with Crippen LogP contribution in [0.2, 0.25) is 0 Å². The summed E-state index contributed by atoms with van der Waals surface area (Å²) in [6, 6.07) is 12.8. The van der Waals surface area contributed by atoms with Crippen LogP contribution in [-0.4, -0.2) is 11.0 Å². The van der Waals surface area contributed by atoms with Crippen molar-refractivity contribution in [2.75, 3.05) is 11.1 Å². The van der Waals surface area contributed by atoms with Gasteiger partial charge in [0, 0.05) is 11.9 Å². The van der Waals surface area contributed by atoms with Gasteiger partial charge >= 0.3 is 6.03 Å². The van der Waals surface area contributed by atoms with E-state index in [1.165, 1.54) is 0 Å². The third kappa shape index (κ3) is 2.56. The van der Waals surface area contributed by atoms with Crippen molar-refractivity contribution in [2.24, 2.45) is 0 Å². The molecular formula is C15H16N4O. The number of pyridine rings is 1. The number of nitrogens with one attached hydrogen (secondary N) is 2. The highest BCUT2D eigenvalue weighted by molar-refractivity contribution is 5.89. The van der Waals surface area contributed by atoms with Gasteiger partial charge in [0.05, 0.1) is 5.54 Å². The van der Waals surface area contributed by atoms with Gasteiger partial charge in [0.15, 0.2) is 0 Å². The molecule has 1 aromatic heterocycles. The molecule has 0 unspecified atom stereocenters. The number of nitrogen functional groups attached to an aromatic ring is 1. The molecule has 5 nitrogen and oxygen atoms in total. The number of carbonyl (C=O) groups excluding carboxylic acids is 1. The van der Waals surface area contributed by atoms with Crippen LogP contribution in [-0.2, 0) is 5.54 Å². The Labute approximate surface area is 117 Å². The van der Waals surface area contributed by atoms with Crippen molar-refractivity contribution in [3.63, 3.8) is 0 Å². The van der Waals surface area contributed by atoms with Crippen LogP contribution in [0.3, 0.4) is 0 Å². The van der Waals surface area contributed by atoms with Gasteiger partial charge < -0.3 is 11.1 Å². The van der Waals surface area contributed by atoms with E-state index in [0.29, 0.717) is 5.82 Å². The third-order valence-electron chi connectivity index (χ3n) is 3.47. The van der Waals surface area contributed by atoms with E-state index in [1.807, 2.05) is 30.3 Å². The van der Waals surface area contributed by atoms with Crippen LogP contribution < -0.4 is 16.4 Å². The highest BCUT2D eigenvalue weighted by atomic mass is 16.2. The topological polar surface area (TPSA) is 80.0 Å². The molecule has 1 aliphatic rings. The molecule has 3 rings (SSSR count). The average Bonchev–Trinajstić information content (AvgIpc) is 3.21. The summed E-state index contributed by atoms with van der Waals surface area (Å²) < 4.78 is 0. The Morgan fingerprint density at radius 3 is 2.50 bits per heavy atom. The first kappa shape index (κ1) is 12.5. The van der Waals surface area contributed by atoms with Crippen molar-refractivity contribution < 1.29 is 4.79 Å². The van der Waals surface area contributed by atoms with E-state index in [4.69, 9.17) is 5.73 Å². The van der Waals surface area contributed by atoms with Crippen LogP contribution >= 0.6 is 0 Å². The molecule has 1 aromatic carbocycles. The third-order valence-corrected chi connectivity index (χ3v) is 3.47. The summed E-state index contributed by atoms with van der Waals surface area (Å²) in [4.78, 5) is 16.1. The second kappa shape index (κ2) is 4.85. The van der Waals surface area contributed by atoms with Gasteiger partial charge in [-0.1, -0.05) is 18.2 Å². The molecule has 2 aromatic rings. The maximum absolute atomic E-state index is 12.0. The van der Waals surface area contributed by atoms with Gasteiger partial charge in [-0.15, -0.1) is 0 Å². The molecule has 2 amide bonds. The van der Waals surface area contributed by atoms with Gasteiger partial charge in [-0.25, -0.2) is 9.78 Å². The Kier molecular flexibility index (Phi) is 3.02. The van der Waals surface area contributed by atoms with Crippen molar-refractivity contribution in [2.45, 2.75) is 18.4 Å². The number of aromatic nitrogens is 1. The lowest BCUT2D eigenvalue weighted by molar-refractivity contribution is 0.247. The summed E-state index contributed by atoms with van der Waals surface area (Å²) in [5.74, 6) is 0.540. The lowest BCUT2D eigenvalue weighted by atomic mass is 10.0. The molecule has 0 spiro atoms. The summed E-state index contributed by atoms with van der Waals surface area (Å²) in [5, 5.41) is 5.75. The standard InChI is InChI=1S/C15H16N4O/c16-12-6-4-11(5-7-12)15(8-9-15)19-14(20)18-13-3-1-2-10-17-13/h1-7,10H,8-9,16H2,(H2,17,18,19,20). The van der Waals surface area contributed by atoms with Crippen molar-refractivity contribution in [1.29, 1.82) is 0 Å². The molecule has 102 valence electrons. The Bertz CT molecular complexity index is 606. The predicted molar refractivity (Wildman–Crippen MR) is 78.2 cm³/mol. The first-order chi connectivity index (χ1) is 9.68. The fourth-order valence-corrected chi connectivity index (χ4v) is 2.21. The van der Waals surface area contributed by atoms with Gasteiger partial charge in [0.25, 0.3) is 0 Å². The molecule has 0 saturated heterocycles. The highest BCUT2D eigenvalue weighted by Crippen LogP contribution is 2.45. The zero-order chi connectivity index (χ0) is 14.0. The van der Waals surface area contributed by atoms with Gasteiger partial charge in [0.1, 0.15) is 5.82 Å². The van der Waals surface area contributed by atoms with Crippen LogP contribution in [0.1, 0.15) is 18.4 Å². The fourth-order valence-electron chi connectivity index (χ4n) is 2.21. The highest BCUT2D eigenvalue weighted by Gasteiger charge is 2.45. The SMILES string of the molecule is Nc1ccc(C2(NC(=O)Nc3ccccn3)CC2)cc1. The van der Waals surface area contributed by atoms with E-state index in [1.54, 1.807) is 18.3 Å². The molecule has 0 radical (unpaired) electrons. The zero-order valence-electron chi connectivity index (χ0n) is 11.0. The van der Waals surface area contributed by atoms with E-state index in [0.717, 1.165) is 24.1 Å². The summed E-state index contributed by atoms with van der Waals surface area (Å²) in [7, 11) is 0. The summed E-state index contributed by atoms with van der Waals surface area (Å²) >= 11 is 0. The second-order valence-electron chi connectivity index (χ2n) is 5.00. The number of rotatable bonds is 3. The van der Waals surface area contributed by atoms with Crippen molar-refractivity contribution in [3.05, 3.63) is 54.2 Å². The lowest BCUT2D eigenvalue weighted by Gasteiger charge is -2.18. The zero-order valence-corrected chi connectivity index (χ0v) is 11.0. The molecule has 20 heavy (non-hydrogen) atoms. The van der Waals surface area contributed by atoms with E-state index in [9.17, 15) is 4.79 Å². The van der Waals surface area contributed by atoms with Crippen molar-refractivity contribution >= 4 is 17.5 Å². The number of hydrogen-bond acceptors (Lipinski definition) is 3. The minimum absolute atomic E-state index is 0.238. The number of anilines is 2. The molecule has 4 N–H and O–H groups in total. The minimum atomic E-state index is -0.257. The molecule has 1 saturated carbocycles. The molecule has 0 atom stereocenters. The largest absolute Gasteiger partial charge is 0.399 e. The molecule has 0 bridgehead atoms. The summed E-state index contributed by atoms with van der Waals surface area (Å²) in [5.41, 5.74) is 7.24. The smallest absolute Gasteiger partial charge is 0.321 e. The number of urea groups is 1. The summed E-state index contributed by atoms with van der Waals surface area (Å²) in [6.45, 7) is 0. The van der Waals surface area contributed by atoms with E-state index in [-0.39, 0.29) is 11.6 Å². The quantitative estimate of drug-likeness (QED) is 0.748. The minimum Gasteiger partial charge on any atom is -0.399 e. The lowest BCUT2D eigenvalue weighted by Crippen LogP contribution is -2.38. The first-order valence-corrected chi connectivity index (χ1v) is 6.54. The van der Waals surface area contributed by atoms with Crippen molar-refractivity contribution in [3.8, 4) is 0 Å². The molecule has 1 fully saturated rings. The van der Waals surface area contributed by atoms with E-state index >= 15 is 0 Å². The normalized spacial score (nSPS) is 15.4. The Morgan fingerprint density at radius 2 is 1.90 bits per heavy atom. The maximum Gasteiger partial charge on any atom is 0.321 e. The Morgan fingerprint density at radius 1 is 1.15 bits per heavy atom. The van der Waals surface area contributed by atoms with Gasteiger partial charge in [-0.3, -0.25) is 5.32 Å². The van der Waals surface area contributed by atoms with Crippen LogP contribution in [0.5, 0.6) is 0 Å². The van der Waals surface area contributed by atoms with E-state index < -0.39 is 0 Å². The number of benzene rings is 1. The van der Waals surface area contributed by atoms with Gasteiger partial charge in [-0.2, -0.15) is 0 Å². The second-order valence-corrected chi connectivity index (χ2v) is 5.00. The molecule has 1 heterocycles. The molecule has 0 aliphatic heterocycles. The fraction of sp³-hybridized carbons (Fsp3) is 0.200. The number of amides is 2. The number of carbonyl (C=O) groups is 1. The van der Waals surface area contributed by atoms with Crippen molar-refractivity contribution in [1.82, 2.24) is 10.3 Å². The molecule has 1 aliphatic carbocycles. The van der Waals surface area contributed by atoms with Gasteiger partial charge in [0.2, 0.25) is 0 Å². The van der Waals surface area contributed by atoms with Crippen LogP contribution in [0, 0.1) is 0 Å². The monoisotopic (exact) mass is 268 g/mol. The van der Waals surface area contributed by atoms with Crippen LogP contribution in [0.25, 0.3) is 0 Å². The predicted octanol–water partition coefficient (Wildman–Crippen LogP) is 2.47. The molecule has 5 heteroatoms. The van der Waals surface area contributed by atoms with Gasteiger partial charge in [-0.05, 0) is 42.7 Å². The average molecular weight is 268 g/mol. The van der Waals surface area contributed by atoms with E-state index in [2.05, 4.69) is 15.6 Å². The number of nitrogens with two attached hydrogens (primary N) is 1. The number of nitrogens with zero attached hydrogens (tertiary/aromatic N) is 1.